The highest BCUT2D eigenvalue weighted by Gasteiger charge is 2.02. The molecule has 1 aromatic rings. The van der Waals surface area contributed by atoms with Crippen LogP contribution in [0.1, 0.15) is 13.3 Å². The summed E-state index contributed by atoms with van der Waals surface area (Å²) in [6.07, 6.45) is 1.14. The largest absolute Gasteiger partial charge is 0.490 e. The van der Waals surface area contributed by atoms with Gasteiger partial charge in [0.15, 0.2) is 0 Å². The van der Waals surface area contributed by atoms with Gasteiger partial charge in [0.1, 0.15) is 18.1 Å². The van der Waals surface area contributed by atoms with E-state index in [0.717, 1.165) is 6.29 Å². The first-order valence-electron chi connectivity index (χ1n) is 4.08. The second-order valence-corrected chi connectivity index (χ2v) is 3.22. The molecule has 3 heteroatoms. The fourth-order valence-corrected chi connectivity index (χ4v) is 1.14. The minimum atomic E-state index is -0.101. The molecule has 1 rings (SSSR count). The molecular weight excluding hydrogens is 188 g/mol. The zero-order chi connectivity index (χ0) is 9.68. The smallest absolute Gasteiger partial charge is 0.123 e. The van der Waals surface area contributed by atoms with Gasteiger partial charge in [0.05, 0.1) is 0 Å². The van der Waals surface area contributed by atoms with E-state index >= 15 is 0 Å². The third-order valence-electron chi connectivity index (χ3n) is 1.56. The molecule has 0 fully saturated rings. The van der Waals surface area contributed by atoms with Crippen LogP contribution in [0.2, 0.25) is 5.02 Å². The molecular formula is C10H11ClO2. The lowest BCUT2D eigenvalue weighted by Crippen LogP contribution is -2.11. The molecule has 0 heterocycles. The van der Waals surface area contributed by atoms with Crippen molar-refractivity contribution < 1.29 is 9.53 Å². The third kappa shape index (κ3) is 3.47. The van der Waals surface area contributed by atoms with E-state index in [1.165, 1.54) is 0 Å². The first kappa shape index (κ1) is 10.1. The molecule has 13 heavy (non-hydrogen) atoms. The third-order valence-corrected chi connectivity index (χ3v) is 1.80. The maximum Gasteiger partial charge on any atom is 0.123 e. The van der Waals surface area contributed by atoms with Gasteiger partial charge in [0, 0.05) is 11.4 Å². The molecule has 0 radical (unpaired) electrons. The summed E-state index contributed by atoms with van der Waals surface area (Å²) in [6, 6.07) is 7.13. The van der Waals surface area contributed by atoms with Crippen LogP contribution in [0.4, 0.5) is 0 Å². The highest BCUT2D eigenvalue weighted by atomic mass is 35.5. The molecule has 0 aromatic heterocycles. The van der Waals surface area contributed by atoms with Crippen molar-refractivity contribution in [2.24, 2.45) is 0 Å². The molecule has 0 aliphatic rings. The number of benzene rings is 1. The molecule has 1 atom stereocenters. The van der Waals surface area contributed by atoms with Crippen LogP contribution in [-0.4, -0.2) is 12.4 Å². The lowest BCUT2D eigenvalue weighted by molar-refractivity contribution is -0.109. The summed E-state index contributed by atoms with van der Waals surface area (Å²) in [7, 11) is 0. The van der Waals surface area contributed by atoms with Crippen LogP contribution in [0.15, 0.2) is 24.3 Å². The van der Waals surface area contributed by atoms with Crippen molar-refractivity contribution in [1.82, 2.24) is 0 Å². The average molecular weight is 199 g/mol. The van der Waals surface area contributed by atoms with Crippen LogP contribution < -0.4 is 4.74 Å². The Morgan fingerprint density at radius 2 is 2.38 bits per heavy atom. The Bertz CT molecular complexity index is 286. The summed E-state index contributed by atoms with van der Waals surface area (Å²) in [5.41, 5.74) is 0. The normalized spacial score (nSPS) is 12.2. The zero-order valence-corrected chi connectivity index (χ0v) is 8.12. The first-order chi connectivity index (χ1) is 6.22. The highest BCUT2D eigenvalue weighted by molar-refractivity contribution is 6.30. The fraction of sp³-hybridized carbons (Fsp3) is 0.300. The van der Waals surface area contributed by atoms with Crippen LogP contribution in [-0.2, 0) is 4.79 Å². The summed E-state index contributed by atoms with van der Waals surface area (Å²) >= 11 is 5.76. The van der Waals surface area contributed by atoms with Crippen LogP contribution in [0.5, 0.6) is 5.75 Å². The number of halogens is 1. The zero-order valence-electron chi connectivity index (χ0n) is 7.37. The molecule has 0 spiro atoms. The van der Waals surface area contributed by atoms with Gasteiger partial charge in [-0.15, -0.1) is 0 Å². The summed E-state index contributed by atoms with van der Waals surface area (Å²) in [4.78, 5) is 10.2. The molecule has 0 amide bonds. The van der Waals surface area contributed by atoms with E-state index in [0.29, 0.717) is 17.2 Å². The molecule has 0 N–H and O–H groups in total. The number of carbonyl (C=O) groups excluding carboxylic acids is 1. The Labute approximate surface area is 82.5 Å². The predicted octanol–water partition coefficient (Wildman–Crippen LogP) is 2.70. The van der Waals surface area contributed by atoms with Crippen molar-refractivity contribution >= 4 is 17.9 Å². The van der Waals surface area contributed by atoms with Crippen molar-refractivity contribution in [2.75, 3.05) is 0 Å². The molecule has 0 bridgehead atoms. The Morgan fingerprint density at radius 3 is 3.00 bits per heavy atom. The van der Waals surface area contributed by atoms with E-state index in [1.807, 2.05) is 19.1 Å². The highest BCUT2D eigenvalue weighted by Crippen LogP contribution is 2.18. The molecule has 1 unspecified atom stereocenters. The Morgan fingerprint density at radius 1 is 1.62 bits per heavy atom. The van der Waals surface area contributed by atoms with E-state index < -0.39 is 0 Å². The maximum absolute atomic E-state index is 10.2. The maximum atomic E-state index is 10.2. The van der Waals surface area contributed by atoms with Crippen molar-refractivity contribution in [2.45, 2.75) is 19.4 Å². The predicted molar refractivity (Wildman–Crippen MR) is 52.2 cm³/mol. The standard InChI is InChI=1S/C10H11ClO2/c1-8(5-6-12)13-10-4-2-3-9(11)7-10/h2-4,6-8H,5H2,1H3. The van der Waals surface area contributed by atoms with Gasteiger partial charge >= 0.3 is 0 Å². The van der Waals surface area contributed by atoms with E-state index in [1.54, 1.807) is 12.1 Å². The Kier molecular flexibility index (Phi) is 3.77. The van der Waals surface area contributed by atoms with Crippen molar-refractivity contribution in [3.8, 4) is 5.75 Å². The lowest BCUT2D eigenvalue weighted by Gasteiger charge is -2.11. The van der Waals surface area contributed by atoms with Gasteiger partial charge in [-0.1, -0.05) is 17.7 Å². The lowest BCUT2D eigenvalue weighted by atomic mass is 10.3. The first-order valence-corrected chi connectivity index (χ1v) is 4.46. The van der Waals surface area contributed by atoms with Gasteiger partial charge in [-0.25, -0.2) is 0 Å². The van der Waals surface area contributed by atoms with E-state index in [2.05, 4.69) is 0 Å². The van der Waals surface area contributed by atoms with Gasteiger partial charge in [-0.05, 0) is 25.1 Å². The van der Waals surface area contributed by atoms with Crippen molar-refractivity contribution in [3.05, 3.63) is 29.3 Å². The number of hydrogen-bond donors (Lipinski definition) is 0. The van der Waals surface area contributed by atoms with Crippen LogP contribution >= 0.6 is 11.6 Å². The van der Waals surface area contributed by atoms with Crippen molar-refractivity contribution in [1.29, 1.82) is 0 Å². The number of rotatable bonds is 4. The number of carbonyl (C=O) groups is 1. The molecule has 0 aliphatic carbocycles. The van der Waals surface area contributed by atoms with Crippen LogP contribution in [0, 0.1) is 0 Å². The molecule has 0 aliphatic heterocycles. The molecule has 1 aromatic carbocycles. The van der Waals surface area contributed by atoms with Crippen molar-refractivity contribution in [3.63, 3.8) is 0 Å². The van der Waals surface area contributed by atoms with E-state index in [9.17, 15) is 4.79 Å². The molecule has 0 saturated heterocycles. The number of ether oxygens (including phenoxy) is 1. The van der Waals surface area contributed by atoms with E-state index in [-0.39, 0.29) is 6.10 Å². The summed E-state index contributed by atoms with van der Waals surface area (Å²) in [6.45, 7) is 1.84. The number of hydrogen-bond acceptors (Lipinski definition) is 2. The summed E-state index contributed by atoms with van der Waals surface area (Å²) < 4.78 is 5.42. The Hall–Kier alpha value is -1.02. The average Bonchev–Trinajstić information content (AvgIpc) is 2.04. The van der Waals surface area contributed by atoms with E-state index in [4.69, 9.17) is 16.3 Å². The summed E-state index contributed by atoms with van der Waals surface area (Å²) in [5, 5.41) is 0.635. The fourth-order valence-electron chi connectivity index (χ4n) is 0.956. The SMILES string of the molecule is CC(CC=O)Oc1cccc(Cl)c1. The molecule has 0 saturated carbocycles. The van der Waals surface area contributed by atoms with Gasteiger partial charge in [-0.2, -0.15) is 0 Å². The van der Waals surface area contributed by atoms with Gasteiger partial charge < -0.3 is 9.53 Å². The van der Waals surface area contributed by atoms with Gasteiger partial charge in [-0.3, -0.25) is 0 Å². The topological polar surface area (TPSA) is 26.3 Å². The monoisotopic (exact) mass is 198 g/mol. The molecule has 70 valence electrons. The Balaban J connectivity index is 2.58. The van der Waals surface area contributed by atoms with Crippen LogP contribution in [0.3, 0.4) is 0 Å². The second-order valence-electron chi connectivity index (χ2n) is 2.79. The summed E-state index contributed by atoms with van der Waals surface area (Å²) in [5.74, 6) is 0.696. The minimum absolute atomic E-state index is 0.101. The molecule has 2 nitrogen and oxygen atoms in total. The number of aldehydes is 1. The van der Waals surface area contributed by atoms with Gasteiger partial charge in [0.25, 0.3) is 0 Å². The van der Waals surface area contributed by atoms with Gasteiger partial charge in [0.2, 0.25) is 0 Å². The second kappa shape index (κ2) is 4.87. The van der Waals surface area contributed by atoms with Crippen LogP contribution in [0.25, 0.3) is 0 Å². The minimum Gasteiger partial charge on any atom is -0.490 e. The quantitative estimate of drug-likeness (QED) is 0.696.